The first-order valence-electron chi connectivity index (χ1n) is 6.65. The average Bonchev–Trinajstić information content (AvgIpc) is 3.21. The van der Waals surface area contributed by atoms with E-state index in [1.54, 1.807) is 17.3 Å². The fourth-order valence-corrected chi connectivity index (χ4v) is 3.29. The number of anilines is 1. The second kappa shape index (κ2) is 5.99. The number of hydrogen-bond acceptors (Lipinski definition) is 5. The number of carboxylic acid groups (broad SMARTS) is 1. The Kier molecular flexibility index (Phi) is 4.07. The van der Waals surface area contributed by atoms with Crippen molar-refractivity contribution in [3.05, 3.63) is 39.4 Å². The smallest absolute Gasteiger partial charge is 0.323 e. The molecule has 2 aromatic heterocycles. The second-order valence-electron chi connectivity index (χ2n) is 5.02. The van der Waals surface area contributed by atoms with Crippen molar-refractivity contribution in [2.75, 3.05) is 11.4 Å². The third-order valence-corrected chi connectivity index (χ3v) is 4.43. The monoisotopic (exact) mass is 323 g/mol. The van der Waals surface area contributed by atoms with Crippen LogP contribution in [0.5, 0.6) is 0 Å². The minimum absolute atomic E-state index is 0.0910. The third kappa shape index (κ3) is 3.51. The van der Waals surface area contributed by atoms with E-state index in [9.17, 15) is 4.79 Å². The highest BCUT2D eigenvalue weighted by Gasteiger charge is 2.29. The summed E-state index contributed by atoms with van der Waals surface area (Å²) in [5.41, 5.74) is 1.13. The molecule has 0 saturated heterocycles. The van der Waals surface area contributed by atoms with Crippen molar-refractivity contribution >= 4 is 34.7 Å². The summed E-state index contributed by atoms with van der Waals surface area (Å²) in [5, 5.41) is 9.17. The Morgan fingerprint density at radius 1 is 1.48 bits per heavy atom. The molecule has 0 amide bonds. The van der Waals surface area contributed by atoms with Gasteiger partial charge in [-0.15, -0.1) is 11.3 Å². The van der Waals surface area contributed by atoms with Crippen molar-refractivity contribution in [2.45, 2.75) is 25.3 Å². The molecule has 0 radical (unpaired) electrons. The second-order valence-corrected chi connectivity index (χ2v) is 6.72. The van der Waals surface area contributed by atoms with Crippen LogP contribution in [-0.2, 0) is 11.3 Å². The zero-order chi connectivity index (χ0) is 14.8. The summed E-state index contributed by atoms with van der Waals surface area (Å²) in [7, 11) is 0. The number of pyridine rings is 1. The number of aromatic nitrogens is 2. The highest BCUT2D eigenvalue weighted by Crippen LogP contribution is 2.43. The molecule has 7 heteroatoms. The molecule has 3 rings (SSSR count). The van der Waals surface area contributed by atoms with Crippen LogP contribution < -0.4 is 4.90 Å². The average molecular weight is 324 g/mol. The number of nitrogens with zero attached hydrogens (tertiary/aromatic N) is 3. The summed E-state index contributed by atoms with van der Waals surface area (Å²) in [6.45, 7) is 0.361. The molecule has 0 spiro atoms. The molecule has 2 aromatic rings. The molecular weight excluding hydrogens is 310 g/mol. The van der Waals surface area contributed by atoms with Gasteiger partial charge in [0.2, 0.25) is 0 Å². The summed E-state index contributed by atoms with van der Waals surface area (Å²) in [5.74, 6) is 0.389. The Morgan fingerprint density at radius 3 is 2.90 bits per heavy atom. The number of carbonyl (C=O) groups is 1. The van der Waals surface area contributed by atoms with E-state index < -0.39 is 5.97 Å². The van der Waals surface area contributed by atoms with Gasteiger partial charge < -0.3 is 10.0 Å². The maximum Gasteiger partial charge on any atom is 0.323 e. The summed E-state index contributed by atoms with van der Waals surface area (Å²) in [6, 6.07) is 3.94. The molecule has 1 saturated carbocycles. The first kappa shape index (κ1) is 14.3. The lowest BCUT2D eigenvalue weighted by atomic mass is 10.1. The van der Waals surface area contributed by atoms with E-state index >= 15 is 0 Å². The molecule has 1 aliphatic rings. The van der Waals surface area contributed by atoms with Gasteiger partial charge in [-0.3, -0.25) is 4.79 Å². The molecular formula is C14H14ClN3O2S. The number of hydrogen-bond donors (Lipinski definition) is 1. The van der Waals surface area contributed by atoms with Crippen LogP contribution in [0.25, 0.3) is 0 Å². The predicted octanol–water partition coefficient (Wildman–Crippen LogP) is 3.16. The normalized spacial score (nSPS) is 14.1. The highest BCUT2D eigenvalue weighted by molar-refractivity contribution is 7.15. The van der Waals surface area contributed by atoms with Crippen molar-refractivity contribution in [3.8, 4) is 0 Å². The maximum atomic E-state index is 11.2. The van der Waals surface area contributed by atoms with Crippen LogP contribution in [0.1, 0.15) is 29.2 Å². The van der Waals surface area contributed by atoms with E-state index in [4.69, 9.17) is 16.7 Å². The predicted molar refractivity (Wildman–Crippen MR) is 82.0 cm³/mol. The number of rotatable bonds is 6. The van der Waals surface area contributed by atoms with E-state index in [2.05, 4.69) is 9.97 Å². The molecule has 0 bridgehead atoms. The van der Waals surface area contributed by atoms with E-state index in [0.717, 1.165) is 29.1 Å². The Bertz CT molecular complexity index is 657. The Labute approximate surface area is 131 Å². The third-order valence-electron chi connectivity index (χ3n) is 3.33. The van der Waals surface area contributed by atoms with E-state index in [1.165, 1.54) is 11.3 Å². The van der Waals surface area contributed by atoms with Gasteiger partial charge in [0.1, 0.15) is 12.4 Å². The van der Waals surface area contributed by atoms with Crippen LogP contribution in [-0.4, -0.2) is 27.6 Å². The van der Waals surface area contributed by atoms with Crippen LogP contribution in [0, 0.1) is 0 Å². The van der Waals surface area contributed by atoms with Crippen molar-refractivity contribution in [3.63, 3.8) is 0 Å². The van der Waals surface area contributed by atoms with Crippen LogP contribution in [0.2, 0.25) is 4.47 Å². The van der Waals surface area contributed by atoms with E-state index in [-0.39, 0.29) is 6.54 Å². The van der Waals surface area contributed by atoms with Crippen LogP contribution >= 0.6 is 22.9 Å². The van der Waals surface area contributed by atoms with Crippen molar-refractivity contribution in [1.82, 2.24) is 9.97 Å². The van der Waals surface area contributed by atoms with Crippen molar-refractivity contribution in [1.29, 1.82) is 0 Å². The molecule has 5 nitrogen and oxygen atoms in total. The highest BCUT2D eigenvalue weighted by atomic mass is 35.5. The molecule has 0 aliphatic heterocycles. The number of aliphatic carboxylic acids is 1. The van der Waals surface area contributed by atoms with Gasteiger partial charge in [-0.2, -0.15) is 0 Å². The molecule has 1 fully saturated rings. The van der Waals surface area contributed by atoms with Gasteiger partial charge in [-0.05, 0) is 30.4 Å². The summed E-state index contributed by atoms with van der Waals surface area (Å²) >= 11 is 7.20. The largest absolute Gasteiger partial charge is 0.480 e. The Hall–Kier alpha value is -1.66. The van der Waals surface area contributed by atoms with Gasteiger partial charge in [0.25, 0.3) is 0 Å². The van der Waals surface area contributed by atoms with Gasteiger partial charge >= 0.3 is 5.97 Å². The molecule has 110 valence electrons. The lowest BCUT2D eigenvalue weighted by Gasteiger charge is -2.23. The molecule has 1 N–H and O–H groups in total. The Morgan fingerprint density at radius 2 is 2.29 bits per heavy atom. The van der Waals surface area contributed by atoms with Gasteiger partial charge in [-0.25, -0.2) is 9.97 Å². The fraction of sp³-hybridized carbons (Fsp3) is 0.357. The lowest BCUT2D eigenvalue weighted by molar-refractivity contribution is -0.135. The zero-order valence-electron chi connectivity index (χ0n) is 11.2. The van der Waals surface area contributed by atoms with E-state index in [1.807, 2.05) is 12.1 Å². The molecule has 0 aromatic carbocycles. The van der Waals surface area contributed by atoms with Crippen LogP contribution in [0.15, 0.2) is 24.5 Å². The molecule has 1 aliphatic carbocycles. The number of halogens is 1. The lowest BCUT2D eigenvalue weighted by Crippen LogP contribution is -2.30. The Balaban J connectivity index is 1.89. The summed E-state index contributed by atoms with van der Waals surface area (Å²) in [6.07, 6.45) is 5.68. The molecule has 0 unspecified atom stereocenters. The first-order chi connectivity index (χ1) is 10.1. The van der Waals surface area contributed by atoms with Gasteiger partial charge in [0.15, 0.2) is 4.47 Å². The van der Waals surface area contributed by atoms with Crippen LogP contribution in [0.3, 0.4) is 0 Å². The standard InChI is InChI=1S/C14H14ClN3O2S/c15-14-17-6-10(21-14)7-18(8-12(19)20)13-11(9-3-4-9)2-1-5-16-13/h1-2,5-6,9H,3-4,7-8H2,(H,19,20). The number of carboxylic acids is 1. The van der Waals surface area contributed by atoms with Crippen molar-refractivity contribution in [2.24, 2.45) is 0 Å². The topological polar surface area (TPSA) is 66.3 Å². The first-order valence-corrected chi connectivity index (χ1v) is 7.85. The fourth-order valence-electron chi connectivity index (χ4n) is 2.30. The number of thiazole rings is 1. The summed E-state index contributed by atoms with van der Waals surface area (Å²) < 4.78 is 0.462. The van der Waals surface area contributed by atoms with E-state index in [0.29, 0.717) is 16.9 Å². The minimum Gasteiger partial charge on any atom is -0.480 e. The van der Waals surface area contributed by atoms with Gasteiger partial charge in [0, 0.05) is 17.3 Å². The summed E-state index contributed by atoms with van der Waals surface area (Å²) in [4.78, 5) is 22.3. The minimum atomic E-state index is -0.877. The molecule has 0 atom stereocenters. The van der Waals surface area contributed by atoms with Gasteiger partial charge in [-0.1, -0.05) is 17.7 Å². The van der Waals surface area contributed by atoms with Crippen LogP contribution in [0.4, 0.5) is 5.82 Å². The SMILES string of the molecule is O=C(O)CN(Cc1cnc(Cl)s1)c1ncccc1C1CC1. The molecule has 2 heterocycles. The maximum absolute atomic E-state index is 11.2. The van der Waals surface area contributed by atoms with Gasteiger partial charge in [0.05, 0.1) is 6.54 Å². The zero-order valence-corrected chi connectivity index (χ0v) is 12.8. The van der Waals surface area contributed by atoms with Crippen molar-refractivity contribution < 1.29 is 9.90 Å². The quantitative estimate of drug-likeness (QED) is 0.884. The molecule has 21 heavy (non-hydrogen) atoms.